The summed E-state index contributed by atoms with van der Waals surface area (Å²) in [7, 11) is 0. The van der Waals surface area contributed by atoms with Crippen molar-refractivity contribution in [2.75, 3.05) is 0 Å². The van der Waals surface area contributed by atoms with E-state index in [1.807, 2.05) is 11.3 Å². The highest BCUT2D eigenvalue weighted by molar-refractivity contribution is 7.71. The van der Waals surface area contributed by atoms with Crippen LogP contribution in [0.4, 0.5) is 0 Å². The standard InChI is InChI=1S/C13H16N2S2/c1-3-10-14-12(16)11-8-5-4-7(2)6-9(8)17-13(11)15-10/h7H,3-6H2,1-2H3,(H,14,15,16)/t7-/m1/s1. The molecule has 2 nitrogen and oxygen atoms in total. The van der Waals surface area contributed by atoms with E-state index in [0.29, 0.717) is 0 Å². The van der Waals surface area contributed by atoms with Crippen molar-refractivity contribution in [1.29, 1.82) is 0 Å². The van der Waals surface area contributed by atoms with Gasteiger partial charge in [0.25, 0.3) is 0 Å². The van der Waals surface area contributed by atoms with Crippen molar-refractivity contribution in [1.82, 2.24) is 9.97 Å². The molecule has 0 saturated heterocycles. The Balaban J connectivity index is 2.28. The molecule has 0 fully saturated rings. The zero-order chi connectivity index (χ0) is 12.0. The van der Waals surface area contributed by atoms with Crippen LogP contribution in [0.25, 0.3) is 10.2 Å². The van der Waals surface area contributed by atoms with E-state index in [0.717, 1.165) is 27.6 Å². The minimum atomic E-state index is 0.804. The second-order valence-electron chi connectivity index (χ2n) is 4.90. The fraction of sp³-hybridized carbons (Fsp3) is 0.538. The van der Waals surface area contributed by atoms with Crippen LogP contribution in [0.15, 0.2) is 0 Å². The van der Waals surface area contributed by atoms with Crippen LogP contribution in [-0.4, -0.2) is 9.97 Å². The summed E-state index contributed by atoms with van der Waals surface area (Å²) < 4.78 is 0.888. The number of nitrogens with zero attached hydrogens (tertiary/aromatic N) is 1. The largest absolute Gasteiger partial charge is 0.334 e. The van der Waals surface area contributed by atoms with Gasteiger partial charge in [-0.15, -0.1) is 11.3 Å². The Bertz CT molecular complexity index is 624. The molecule has 1 aliphatic rings. The molecule has 0 radical (unpaired) electrons. The molecule has 0 saturated carbocycles. The third kappa shape index (κ3) is 1.83. The second kappa shape index (κ2) is 4.18. The highest BCUT2D eigenvalue weighted by Crippen LogP contribution is 2.37. The predicted molar refractivity (Wildman–Crippen MR) is 75.4 cm³/mol. The Morgan fingerprint density at radius 2 is 2.35 bits per heavy atom. The van der Waals surface area contributed by atoms with Crippen LogP contribution in [-0.2, 0) is 19.3 Å². The molecule has 1 atom stereocenters. The first-order valence-corrected chi connectivity index (χ1v) is 7.45. The molecule has 0 bridgehead atoms. The second-order valence-corrected chi connectivity index (χ2v) is 6.39. The van der Waals surface area contributed by atoms with Crippen molar-refractivity contribution in [2.45, 2.75) is 39.5 Å². The third-order valence-electron chi connectivity index (χ3n) is 3.55. The molecule has 0 amide bonds. The first-order chi connectivity index (χ1) is 8.19. The van der Waals surface area contributed by atoms with Crippen LogP contribution in [0.1, 0.15) is 36.5 Å². The molecule has 2 aromatic heterocycles. The molecule has 3 rings (SSSR count). The van der Waals surface area contributed by atoms with Gasteiger partial charge in [-0.05, 0) is 30.7 Å². The number of aromatic amines is 1. The Labute approximate surface area is 110 Å². The van der Waals surface area contributed by atoms with E-state index in [1.54, 1.807) is 0 Å². The maximum Gasteiger partial charge on any atom is 0.128 e. The molecule has 0 unspecified atom stereocenters. The SMILES string of the molecule is CCc1nc2sc3c(c2c(=S)[nH]1)CC[C@@H](C)C3. The molecule has 0 aliphatic heterocycles. The highest BCUT2D eigenvalue weighted by Gasteiger charge is 2.21. The molecule has 0 spiro atoms. The average molecular weight is 264 g/mol. The van der Waals surface area contributed by atoms with Gasteiger partial charge in [0.1, 0.15) is 15.3 Å². The lowest BCUT2D eigenvalue weighted by molar-refractivity contribution is 0.509. The Kier molecular flexibility index (Phi) is 2.79. The number of rotatable bonds is 1. The quantitative estimate of drug-likeness (QED) is 0.787. The average Bonchev–Trinajstić information content (AvgIpc) is 2.66. The normalized spacial score (nSPS) is 19.5. The van der Waals surface area contributed by atoms with Gasteiger partial charge >= 0.3 is 0 Å². The van der Waals surface area contributed by atoms with Crippen LogP contribution in [0, 0.1) is 10.6 Å². The number of hydrogen-bond acceptors (Lipinski definition) is 3. The Morgan fingerprint density at radius 3 is 3.12 bits per heavy atom. The summed E-state index contributed by atoms with van der Waals surface area (Å²) in [6.45, 7) is 4.44. The maximum atomic E-state index is 5.49. The number of fused-ring (bicyclic) bond motifs is 3. The lowest BCUT2D eigenvalue weighted by Gasteiger charge is -2.17. The van der Waals surface area contributed by atoms with Gasteiger partial charge in [0.05, 0.1) is 0 Å². The van der Waals surface area contributed by atoms with E-state index in [4.69, 9.17) is 12.2 Å². The zero-order valence-corrected chi connectivity index (χ0v) is 11.8. The number of H-pyrrole nitrogens is 1. The monoisotopic (exact) mass is 264 g/mol. The van der Waals surface area contributed by atoms with Gasteiger partial charge < -0.3 is 4.98 Å². The molecule has 2 heterocycles. The molecule has 90 valence electrons. The lowest BCUT2D eigenvalue weighted by Crippen LogP contribution is -2.08. The van der Waals surface area contributed by atoms with Crippen molar-refractivity contribution in [3.63, 3.8) is 0 Å². The van der Waals surface area contributed by atoms with E-state index >= 15 is 0 Å². The van der Waals surface area contributed by atoms with Crippen molar-refractivity contribution >= 4 is 33.8 Å². The van der Waals surface area contributed by atoms with E-state index in [2.05, 4.69) is 23.8 Å². The number of thiophene rings is 1. The van der Waals surface area contributed by atoms with Gasteiger partial charge in [-0.3, -0.25) is 0 Å². The lowest BCUT2D eigenvalue weighted by atomic mass is 9.89. The van der Waals surface area contributed by atoms with Gasteiger partial charge in [-0.2, -0.15) is 0 Å². The van der Waals surface area contributed by atoms with Crippen molar-refractivity contribution < 1.29 is 0 Å². The molecular formula is C13H16N2S2. The molecule has 1 aliphatic carbocycles. The van der Waals surface area contributed by atoms with E-state index < -0.39 is 0 Å². The number of aryl methyl sites for hydroxylation is 2. The van der Waals surface area contributed by atoms with E-state index in [9.17, 15) is 0 Å². The van der Waals surface area contributed by atoms with Crippen LogP contribution in [0.2, 0.25) is 0 Å². The number of hydrogen-bond donors (Lipinski definition) is 1. The fourth-order valence-electron chi connectivity index (χ4n) is 2.56. The summed E-state index contributed by atoms with van der Waals surface area (Å²) in [5, 5.41) is 1.23. The summed E-state index contributed by atoms with van der Waals surface area (Å²) in [4.78, 5) is 10.6. The smallest absolute Gasteiger partial charge is 0.128 e. The highest BCUT2D eigenvalue weighted by atomic mass is 32.1. The van der Waals surface area contributed by atoms with Crippen LogP contribution < -0.4 is 0 Å². The molecular weight excluding hydrogens is 248 g/mol. The summed E-state index contributed by atoms with van der Waals surface area (Å²) >= 11 is 7.34. The summed E-state index contributed by atoms with van der Waals surface area (Å²) in [6, 6.07) is 0. The van der Waals surface area contributed by atoms with E-state index in [-0.39, 0.29) is 0 Å². The van der Waals surface area contributed by atoms with Crippen LogP contribution in [0.3, 0.4) is 0 Å². The van der Waals surface area contributed by atoms with Crippen LogP contribution in [0.5, 0.6) is 0 Å². The molecule has 0 aromatic carbocycles. The summed E-state index contributed by atoms with van der Waals surface area (Å²) in [5.41, 5.74) is 1.47. The molecule has 1 N–H and O–H groups in total. The van der Waals surface area contributed by atoms with Gasteiger partial charge in [0.2, 0.25) is 0 Å². The Morgan fingerprint density at radius 1 is 1.53 bits per heavy atom. The van der Waals surface area contributed by atoms with Gasteiger partial charge in [0.15, 0.2) is 0 Å². The zero-order valence-electron chi connectivity index (χ0n) is 10.2. The van der Waals surface area contributed by atoms with Gasteiger partial charge in [-0.1, -0.05) is 26.1 Å². The number of aromatic nitrogens is 2. The molecule has 17 heavy (non-hydrogen) atoms. The first-order valence-electron chi connectivity index (χ1n) is 6.22. The first kappa shape index (κ1) is 11.4. The molecule has 2 aromatic rings. The van der Waals surface area contributed by atoms with E-state index in [1.165, 1.54) is 35.1 Å². The third-order valence-corrected chi connectivity index (χ3v) is 5.00. The Hall–Kier alpha value is -0.740. The minimum Gasteiger partial charge on any atom is -0.334 e. The van der Waals surface area contributed by atoms with Crippen molar-refractivity contribution in [3.8, 4) is 0 Å². The minimum absolute atomic E-state index is 0.804. The predicted octanol–water partition coefficient (Wildman–Crippen LogP) is 4.04. The van der Waals surface area contributed by atoms with Crippen LogP contribution >= 0.6 is 23.6 Å². The maximum absolute atomic E-state index is 5.49. The van der Waals surface area contributed by atoms with Crippen molar-refractivity contribution in [2.24, 2.45) is 5.92 Å². The van der Waals surface area contributed by atoms with Gasteiger partial charge in [0, 0.05) is 16.7 Å². The number of nitrogens with one attached hydrogen (secondary N) is 1. The fourth-order valence-corrected chi connectivity index (χ4v) is 4.37. The topological polar surface area (TPSA) is 28.7 Å². The van der Waals surface area contributed by atoms with Crippen molar-refractivity contribution in [3.05, 3.63) is 20.9 Å². The summed E-state index contributed by atoms with van der Waals surface area (Å²) in [5.74, 6) is 1.81. The molecule has 4 heteroatoms. The summed E-state index contributed by atoms with van der Waals surface area (Å²) in [6.07, 6.45) is 4.56. The van der Waals surface area contributed by atoms with Gasteiger partial charge in [-0.25, -0.2) is 4.98 Å².